The second kappa shape index (κ2) is 16.3. The van der Waals surface area contributed by atoms with Crippen molar-refractivity contribution in [2.45, 2.75) is 24.7 Å². The maximum atomic E-state index is 2.48. The Hall–Kier alpha value is -8.98. The highest BCUT2D eigenvalue weighted by atomic mass is 15.1. The van der Waals surface area contributed by atoms with Crippen LogP contribution in [0.5, 0.6) is 0 Å². The van der Waals surface area contributed by atoms with Crippen LogP contribution in [0.3, 0.4) is 0 Å². The molecule has 2 nitrogen and oxygen atoms in total. The van der Waals surface area contributed by atoms with Gasteiger partial charge < -0.3 is 9.47 Å². The Morgan fingerprint density at radius 3 is 1.53 bits per heavy atom. The third-order valence-corrected chi connectivity index (χ3v) is 15.9. The fourth-order valence-electron chi connectivity index (χ4n) is 12.5. The summed E-state index contributed by atoms with van der Waals surface area (Å²) < 4.78 is 2.48. The monoisotopic (exact) mass is 918 g/mol. The van der Waals surface area contributed by atoms with Gasteiger partial charge in [0.05, 0.1) is 16.4 Å². The van der Waals surface area contributed by atoms with Crippen molar-refractivity contribution in [3.05, 3.63) is 300 Å². The number of anilines is 3. The smallest absolute Gasteiger partial charge is 0.0714 e. The van der Waals surface area contributed by atoms with Gasteiger partial charge in [-0.3, -0.25) is 0 Å². The van der Waals surface area contributed by atoms with Crippen LogP contribution in [0.15, 0.2) is 267 Å². The van der Waals surface area contributed by atoms with Gasteiger partial charge in [-0.1, -0.05) is 208 Å². The average molecular weight is 919 g/mol. The molecule has 72 heavy (non-hydrogen) atoms. The lowest BCUT2D eigenvalue weighted by Gasteiger charge is -2.34. The van der Waals surface area contributed by atoms with Gasteiger partial charge in [0.15, 0.2) is 0 Å². The molecule has 0 radical (unpaired) electrons. The van der Waals surface area contributed by atoms with Crippen LogP contribution < -0.4 is 4.90 Å². The molecule has 2 aliphatic carbocycles. The molecule has 11 aromatic carbocycles. The molecule has 1 heterocycles. The highest BCUT2D eigenvalue weighted by Crippen LogP contribution is 2.57. The summed E-state index contributed by atoms with van der Waals surface area (Å²) in [5.41, 5.74) is 24.2. The predicted octanol–water partition coefficient (Wildman–Crippen LogP) is 18.3. The van der Waals surface area contributed by atoms with E-state index in [1.807, 2.05) is 0 Å². The van der Waals surface area contributed by atoms with Crippen molar-refractivity contribution >= 4 is 38.9 Å². The molecule has 0 bridgehead atoms. The second-order valence-corrected chi connectivity index (χ2v) is 20.0. The molecular weight excluding hydrogens is 869 g/mol. The summed E-state index contributed by atoms with van der Waals surface area (Å²) in [6, 6.07) is 98.9. The van der Waals surface area contributed by atoms with Crippen molar-refractivity contribution in [1.82, 2.24) is 4.57 Å². The van der Waals surface area contributed by atoms with Crippen LogP contribution in [0.2, 0.25) is 0 Å². The van der Waals surface area contributed by atoms with E-state index in [4.69, 9.17) is 0 Å². The number of hydrogen-bond acceptors (Lipinski definition) is 1. The van der Waals surface area contributed by atoms with Crippen LogP contribution in [0.25, 0.3) is 72.0 Å². The van der Waals surface area contributed by atoms with Crippen LogP contribution in [-0.4, -0.2) is 4.57 Å². The summed E-state index contributed by atoms with van der Waals surface area (Å²) in [4.78, 5) is 2.38. The van der Waals surface area contributed by atoms with Crippen molar-refractivity contribution in [3.63, 3.8) is 0 Å². The molecule has 0 saturated carbocycles. The van der Waals surface area contributed by atoms with Crippen LogP contribution in [-0.2, 0) is 10.8 Å². The van der Waals surface area contributed by atoms with Gasteiger partial charge in [0.1, 0.15) is 0 Å². The first-order valence-corrected chi connectivity index (χ1v) is 25.2. The van der Waals surface area contributed by atoms with E-state index >= 15 is 0 Å². The topological polar surface area (TPSA) is 8.17 Å². The standard InChI is InChI=1S/C70H50N2/c1-69(2)64-44-50(33-39-58(64)59-40-37-55(45-65(59)69)71(53-25-13-6-14-26-53)54-35-31-48(32-36-54)47-19-7-3-8-20-47)49-34-42-68-62(43-49)61-28-16-18-30-67(61)72(68)56-38-41-60-57-27-15-17-29-63(57)70(66(60)46-56,51-21-9-4-10-22-51)52-23-11-5-12-24-52/h3-46H,1-2H3. The van der Waals surface area contributed by atoms with E-state index in [0.717, 1.165) is 22.7 Å². The van der Waals surface area contributed by atoms with Gasteiger partial charge in [-0.15, -0.1) is 0 Å². The molecule has 14 rings (SSSR count). The van der Waals surface area contributed by atoms with Gasteiger partial charge in [0.25, 0.3) is 0 Å². The molecular formula is C70H50N2. The van der Waals surface area contributed by atoms with Crippen molar-refractivity contribution in [3.8, 4) is 50.2 Å². The number of nitrogens with zero attached hydrogens (tertiary/aromatic N) is 2. The zero-order valence-corrected chi connectivity index (χ0v) is 40.3. The lowest BCUT2D eigenvalue weighted by molar-refractivity contribution is 0.660. The average Bonchev–Trinajstić information content (AvgIpc) is 4.02. The Morgan fingerprint density at radius 1 is 0.306 bits per heavy atom. The zero-order valence-electron chi connectivity index (χ0n) is 40.3. The van der Waals surface area contributed by atoms with Gasteiger partial charge in [-0.25, -0.2) is 0 Å². The van der Waals surface area contributed by atoms with Crippen LogP contribution in [0.4, 0.5) is 17.1 Å². The number of rotatable bonds is 8. The number of aromatic nitrogens is 1. The molecule has 2 heteroatoms. The van der Waals surface area contributed by atoms with Gasteiger partial charge in [-0.05, 0) is 151 Å². The van der Waals surface area contributed by atoms with Crippen LogP contribution in [0, 0.1) is 0 Å². The maximum Gasteiger partial charge on any atom is 0.0714 e. The molecule has 0 amide bonds. The van der Waals surface area contributed by atoms with Gasteiger partial charge >= 0.3 is 0 Å². The van der Waals surface area contributed by atoms with E-state index in [9.17, 15) is 0 Å². The molecule has 0 unspecified atom stereocenters. The van der Waals surface area contributed by atoms with E-state index < -0.39 is 5.41 Å². The summed E-state index contributed by atoms with van der Waals surface area (Å²) in [5, 5.41) is 2.49. The first kappa shape index (κ1) is 41.9. The first-order valence-electron chi connectivity index (χ1n) is 25.2. The Morgan fingerprint density at radius 2 is 0.792 bits per heavy atom. The van der Waals surface area contributed by atoms with Crippen molar-refractivity contribution in [2.75, 3.05) is 4.90 Å². The second-order valence-electron chi connectivity index (χ2n) is 20.0. The van der Waals surface area contributed by atoms with Gasteiger partial charge in [0.2, 0.25) is 0 Å². The molecule has 0 fully saturated rings. The minimum absolute atomic E-state index is 0.224. The highest BCUT2D eigenvalue weighted by Gasteiger charge is 2.46. The number of fused-ring (bicyclic) bond motifs is 9. The normalized spacial score (nSPS) is 13.6. The third kappa shape index (κ3) is 6.28. The van der Waals surface area contributed by atoms with Crippen molar-refractivity contribution < 1.29 is 0 Å². The van der Waals surface area contributed by atoms with E-state index in [0.29, 0.717) is 0 Å². The quantitative estimate of drug-likeness (QED) is 0.147. The number of hydrogen-bond donors (Lipinski definition) is 0. The Balaban J connectivity index is 0.856. The summed E-state index contributed by atoms with van der Waals surface area (Å²) in [6.07, 6.45) is 0. The Labute approximate surface area is 421 Å². The molecule has 340 valence electrons. The highest BCUT2D eigenvalue weighted by molar-refractivity contribution is 6.10. The molecule has 0 N–H and O–H groups in total. The Bertz CT molecular complexity index is 4000. The van der Waals surface area contributed by atoms with E-state index in [2.05, 4.69) is 290 Å². The van der Waals surface area contributed by atoms with Crippen molar-refractivity contribution in [2.24, 2.45) is 0 Å². The molecule has 0 atom stereocenters. The third-order valence-electron chi connectivity index (χ3n) is 15.9. The van der Waals surface area contributed by atoms with Crippen molar-refractivity contribution in [1.29, 1.82) is 0 Å². The fourth-order valence-corrected chi connectivity index (χ4v) is 12.5. The van der Waals surface area contributed by atoms with Crippen LogP contribution >= 0.6 is 0 Å². The molecule has 12 aromatic rings. The van der Waals surface area contributed by atoms with Crippen LogP contribution in [0.1, 0.15) is 47.2 Å². The zero-order chi connectivity index (χ0) is 48.0. The number of para-hydroxylation sites is 2. The molecule has 1 aromatic heterocycles. The first-order chi connectivity index (χ1) is 35.5. The minimum atomic E-state index is -0.477. The summed E-state index contributed by atoms with van der Waals surface area (Å²) in [7, 11) is 0. The van der Waals surface area contributed by atoms with Gasteiger partial charge in [0, 0.05) is 38.9 Å². The fraction of sp³-hybridized carbons (Fsp3) is 0.0571. The maximum absolute atomic E-state index is 2.48. The van der Waals surface area contributed by atoms with E-state index in [1.165, 1.54) is 99.7 Å². The SMILES string of the molecule is CC1(C)c2cc(-c3ccc4c(c3)c3ccccc3n4-c3ccc4c(c3)C(c3ccccc3)(c3ccccc3)c3ccccc3-4)ccc2-c2ccc(N(c3ccccc3)c3ccc(-c4ccccc4)cc3)cc21. The lowest BCUT2D eigenvalue weighted by atomic mass is 9.67. The summed E-state index contributed by atoms with van der Waals surface area (Å²) in [6.45, 7) is 4.78. The number of benzene rings is 11. The Kier molecular flexibility index (Phi) is 9.50. The van der Waals surface area contributed by atoms with E-state index in [-0.39, 0.29) is 5.41 Å². The molecule has 0 aliphatic heterocycles. The largest absolute Gasteiger partial charge is 0.310 e. The lowest BCUT2D eigenvalue weighted by Crippen LogP contribution is -2.28. The predicted molar refractivity (Wildman–Crippen MR) is 301 cm³/mol. The molecule has 0 spiro atoms. The van der Waals surface area contributed by atoms with E-state index in [1.54, 1.807) is 0 Å². The molecule has 2 aliphatic rings. The summed E-state index contributed by atoms with van der Waals surface area (Å²) >= 11 is 0. The summed E-state index contributed by atoms with van der Waals surface area (Å²) in [5.74, 6) is 0. The molecule has 0 saturated heterocycles. The van der Waals surface area contributed by atoms with Gasteiger partial charge in [-0.2, -0.15) is 0 Å². The minimum Gasteiger partial charge on any atom is -0.310 e.